The average molecular weight is 339 g/mol. The molecule has 25 heavy (non-hydrogen) atoms. The second-order valence-corrected chi connectivity index (χ2v) is 6.60. The number of ether oxygens (including phenoxy) is 1. The van der Waals surface area contributed by atoms with Crippen LogP contribution < -0.4 is 5.32 Å². The number of hydrogen-bond acceptors (Lipinski definition) is 3. The van der Waals surface area contributed by atoms with Gasteiger partial charge in [0.2, 0.25) is 0 Å². The van der Waals surface area contributed by atoms with Crippen LogP contribution in [-0.2, 0) is 9.53 Å². The van der Waals surface area contributed by atoms with Crippen molar-refractivity contribution in [2.24, 2.45) is 0 Å². The zero-order valence-electron chi connectivity index (χ0n) is 15.4. The molecular formula is C21H25NO3. The molecule has 0 aliphatic carbocycles. The van der Waals surface area contributed by atoms with Crippen LogP contribution in [0.4, 0.5) is 5.69 Å². The number of amides is 1. The number of benzene rings is 2. The van der Waals surface area contributed by atoms with E-state index < -0.39 is 12.1 Å². The number of anilines is 1. The molecule has 0 unspecified atom stereocenters. The highest BCUT2D eigenvalue weighted by atomic mass is 16.5. The normalized spacial score (nSPS) is 11.9. The predicted molar refractivity (Wildman–Crippen MR) is 100.0 cm³/mol. The number of para-hydroxylation sites is 1. The maximum atomic E-state index is 12.5. The lowest BCUT2D eigenvalue weighted by molar-refractivity contribution is -0.123. The van der Waals surface area contributed by atoms with E-state index in [1.807, 2.05) is 44.2 Å². The highest BCUT2D eigenvalue weighted by molar-refractivity contribution is 5.98. The lowest BCUT2D eigenvalue weighted by atomic mass is 9.98. The Kier molecular flexibility index (Phi) is 5.97. The van der Waals surface area contributed by atoms with E-state index in [9.17, 15) is 9.59 Å². The van der Waals surface area contributed by atoms with E-state index >= 15 is 0 Å². The van der Waals surface area contributed by atoms with E-state index in [0.29, 0.717) is 5.56 Å². The molecule has 0 aliphatic rings. The van der Waals surface area contributed by atoms with Crippen LogP contribution in [0.1, 0.15) is 53.7 Å². The SMILES string of the molecule is Cc1ccc(C(=O)O[C@@H](C)C(=O)Nc2c(C)cccc2C(C)C)cc1. The molecule has 2 aromatic rings. The number of hydrogen-bond donors (Lipinski definition) is 1. The summed E-state index contributed by atoms with van der Waals surface area (Å²) in [6.45, 7) is 9.62. The zero-order chi connectivity index (χ0) is 18.6. The molecule has 2 aromatic carbocycles. The summed E-state index contributed by atoms with van der Waals surface area (Å²) in [6, 6.07) is 13.0. The van der Waals surface area contributed by atoms with Crippen molar-refractivity contribution in [2.75, 3.05) is 5.32 Å². The first-order chi connectivity index (χ1) is 11.8. The maximum absolute atomic E-state index is 12.5. The van der Waals surface area contributed by atoms with Crippen LogP contribution in [0.3, 0.4) is 0 Å². The van der Waals surface area contributed by atoms with Crippen molar-refractivity contribution in [3.8, 4) is 0 Å². The van der Waals surface area contributed by atoms with Crippen LogP contribution in [0.2, 0.25) is 0 Å². The van der Waals surface area contributed by atoms with Crippen LogP contribution in [-0.4, -0.2) is 18.0 Å². The van der Waals surface area contributed by atoms with Crippen molar-refractivity contribution in [1.82, 2.24) is 0 Å². The summed E-state index contributed by atoms with van der Waals surface area (Å²) < 4.78 is 5.30. The number of aryl methyl sites for hydroxylation is 2. The minimum atomic E-state index is -0.881. The van der Waals surface area contributed by atoms with Crippen LogP contribution in [0, 0.1) is 13.8 Å². The summed E-state index contributed by atoms with van der Waals surface area (Å²) >= 11 is 0. The van der Waals surface area contributed by atoms with Crippen LogP contribution in [0.25, 0.3) is 0 Å². The topological polar surface area (TPSA) is 55.4 Å². The van der Waals surface area contributed by atoms with Gasteiger partial charge in [-0.3, -0.25) is 4.79 Å². The van der Waals surface area contributed by atoms with Crippen molar-refractivity contribution in [3.63, 3.8) is 0 Å². The van der Waals surface area contributed by atoms with Gasteiger partial charge in [0.1, 0.15) is 0 Å². The average Bonchev–Trinajstić information content (AvgIpc) is 2.56. The Balaban J connectivity index is 2.08. The van der Waals surface area contributed by atoms with E-state index in [-0.39, 0.29) is 11.8 Å². The third-order valence-corrected chi connectivity index (χ3v) is 4.12. The molecule has 0 heterocycles. The van der Waals surface area contributed by atoms with Gasteiger partial charge in [-0.15, -0.1) is 0 Å². The number of carbonyl (C=O) groups is 2. The molecule has 0 aliphatic heterocycles. The highest BCUT2D eigenvalue weighted by Crippen LogP contribution is 2.27. The molecule has 0 radical (unpaired) electrons. The van der Waals surface area contributed by atoms with Crippen molar-refractivity contribution < 1.29 is 14.3 Å². The van der Waals surface area contributed by atoms with Gasteiger partial charge >= 0.3 is 5.97 Å². The van der Waals surface area contributed by atoms with Crippen LogP contribution in [0.5, 0.6) is 0 Å². The van der Waals surface area contributed by atoms with Gasteiger partial charge in [-0.05, 0) is 49.9 Å². The molecule has 1 atom stereocenters. The number of esters is 1. The van der Waals surface area contributed by atoms with Crippen molar-refractivity contribution in [3.05, 3.63) is 64.7 Å². The largest absolute Gasteiger partial charge is 0.449 e. The fraction of sp³-hybridized carbons (Fsp3) is 0.333. The first-order valence-electron chi connectivity index (χ1n) is 8.47. The molecular weight excluding hydrogens is 314 g/mol. The molecule has 1 amide bonds. The van der Waals surface area contributed by atoms with E-state index in [1.165, 1.54) is 0 Å². The van der Waals surface area contributed by atoms with Crippen LogP contribution >= 0.6 is 0 Å². The molecule has 4 heteroatoms. The Labute approximate surface area is 149 Å². The predicted octanol–water partition coefficient (Wildman–Crippen LogP) is 4.61. The van der Waals surface area contributed by atoms with Gasteiger partial charge in [0.05, 0.1) is 5.56 Å². The van der Waals surface area contributed by atoms with Crippen molar-refractivity contribution in [2.45, 2.75) is 46.6 Å². The summed E-state index contributed by atoms with van der Waals surface area (Å²) in [5.41, 5.74) is 4.33. The van der Waals surface area contributed by atoms with Gasteiger partial charge in [-0.1, -0.05) is 49.7 Å². The van der Waals surface area contributed by atoms with E-state index in [1.54, 1.807) is 19.1 Å². The zero-order valence-corrected chi connectivity index (χ0v) is 15.4. The Morgan fingerprint density at radius 3 is 2.20 bits per heavy atom. The van der Waals surface area contributed by atoms with Crippen LogP contribution in [0.15, 0.2) is 42.5 Å². The van der Waals surface area contributed by atoms with E-state index in [4.69, 9.17) is 4.74 Å². The molecule has 1 N–H and O–H groups in total. The molecule has 2 rings (SSSR count). The minimum absolute atomic E-state index is 0.278. The standard InChI is InChI=1S/C21H25NO3/c1-13(2)18-8-6-7-15(4)19(18)22-20(23)16(5)25-21(24)17-11-9-14(3)10-12-17/h6-13,16H,1-5H3,(H,22,23)/t16-/m0/s1. The van der Waals surface area contributed by atoms with Crippen molar-refractivity contribution >= 4 is 17.6 Å². The minimum Gasteiger partial charge on any atom is -0.449 e. The molecule has 0 bridgehead atoms. The third kappa shape index (κ3) is 4.69. The molecule has 0 aromatic heterocycles. The Bertz CT molecular complexity index is 763. The van der Waals surface area contributed by atoms with Gasteiger partial charge in [0, 0.05) is 5.69 Å². The number of carbonyl (C=O) groups excluding carboxylic acids is 2. The van der Waals surface area contributed by atoms with Gasteiger partial charge in [-0.25, -0.2) is 4.79 Å². The second kappa shape index (κ2) is 7.97. The van der Waals surface area contributed by atoms with Crippen molar-refractivity contribution in [1.29, 1.82) is 0 Å². The molecule has 132 valence electrons. The van der Waals surface area contributed by atoms with E-state index in [0.717, 1.165) is 22.4 Å². The molecule has 0 fully saturated rings. The molecule has 0 spiro atoms. The summed E-state index contributed by atoms with van der Waals surface area (Å²) in [5.74, 6) is -0.561. The first kappa shape index (κ1) is 18.7. The maximum Gasteiger partial charge on any atom is 0.338 e. The molecule has 0 saturated heterocycles. The number of nitrogens with one attached hydrogen (secondary N) is 1. The van der Waals surface area contributed by atoms with Gasteiger partial charge < -0.3 is 10.1 Å². The lowest BCUT2D eigenvalue weighted by Gasteiger charge is -2.19. The highest BCUT2D eigenvalue weighted by Gasteiger charge is 2.21. The molecule has 4 nitrogen and oxygen atoms in total. The summed E-state index contributed by atoms with van der Waals surface area (Å²) in [7, 11) is 0. The second-order valence-electron chi connectivity index (χ2n) is 6.60. The lowest BCUT2D eigenvalue weighted by Crippen LogP contribution is -2.30. The number of rotatable bonds is 5. The van der Waals surface area contributed by atoms with E-state index in [2.05, 4.69) is 19.2 Å². The Hall–Kier alpha value is -2.62. The summed E-state index contributed by atoms with van der Waals surface area (Å²) in [5, 5.41) is 2.91. The summed E-state index contributed by atoms with van der Waals surface area (Å²) in [6.07, 6.45) is -0.881. The smallest absolute Gasteiger partial charge is 0.338 e. The fourth-order valence-electron chi connectivity index (χ4n) is 2.54. The fourth-order valence-corrected chi connectivity index (χ4v) is 2.54. The van der Waals surface area contributed by atoms with Gasteiger partial charge in [-0.2, -0.15) is 0 Å². The first-order valence-corrected chi connectivity index (χ1v) is 8.47. The Morgan fingerprint density at radius 1 is 0.960 bits per heavy atom. The van der Waals surface area contributed by atoms with Gasteiger partial charge in [0.25, 0.3) is 5.91 Å². The summed E-state index contributed by atoms with van der Waals surface area (Å²) in [4.78, 5) is 24.6. The molecule has 0 saturated carbocycles. The quantitative estimate of drug-likeness (QED) is 0.809. The van der Waals surface area contributed by atoms with Gasteiger partial charge in [0.15, 0.2) is 6.10 Å². The Morgan fingerprint density at radius 2 is 1.60 bits per heavy atom. The third-order valence-electron chi connectivity index (χ3n) is 4.12. The monoisotopic (exact) mass is 339 g/mol.